The van der Waals surface area contributed by atoms with Crippen molar-refractivity contribution >= 4 is 16.8 Å². The van der Waals surface area contributed by atoms with Gasteiger partial charge in [-0.15, -0.1) is 0 Å². The number of pyridine rings is 1. The monoisotopic (exact) mass is 342 g/mol. The third kappa shape index (κ3) is 2.85. The van der Waals surface area contributed by atoms with Gasteiger partial charge >= 0.3 is 0 Å². The molecule has 0 spiro atoms. The van der Waals surface area contributed by atoms with Gasteiger partial charge in [0, 0.05) is 24.5 Å². The Bertz CT molecular complexity index is 791. The summed E-state index contributed by atoms with van der Waals surface area (Å²) >= 11 is 0. The number of hydrogen-bond acceptors (Lipinski definition) is 5. The van der Waals surface area contributed by atoms with Gasteiger partial charge in [0.1, 0.15) is 11.4 Å². The van der Waals surface area contributed by atoms with E-state index >= 15 is 0 Å². The molecule has 6 nitrogen and oxygen atoms in total. The first-order chi connectivity index (χ1) is 12.1. The molecule has 6 heteroatoms. The van der Waals surface area contributed by atoms with E-state index in [1.54, 1.807) is 18.1 Å². The normalized spacial score (nSPS) is 28.8. The SMILES string of the molecule is COc1cc(C(=O)N2CC3CC(O)C(O)CC3C2)nc2ccccc12. The maximum Gasteiger partial charge on any atom is 0.272 e. The second-order valence-electron chi connectivity index (χ2n) is 7.06. The van der Waals surface area contributed by atoms with Crippen LogP contribution in [0.25, 0.3) is 10.9 Å². The Hall–Kier alpha value is -2.18. The highest BCUT2D eigenvalue weighted by Crippen LogP contribution is 2.37. The summed E-state index contributed by atoms with van der Waals surface area (Å²) < 4.78 is 5.43. The predicted octanol–water partition coefficient (Wildman–Crippen LogP) is 1.45. The molecule has 1 aliphatic carbocycles. The van der Waals surface area contributed by atoms with Gasteiger partial charge in [-0.3, -0.25) is 4.79 Å². The Labute approximate surface area is 146 Å². The molecule has 1 amide bonds. The fraction of sp³-hybridized carbons (Fsp3) is 0.474. The van der Waals surface area contributed by atoms with Crippen LogP contribution in [0.5, 0.6) is 5.75 Å². The lowest BCUT2D eigenvalue weighted by atomic mass is 9.79. The lowest BCUT2D eigenvalue weighted by Crippen LogP contribution is -2.38. The number of nitrogens with zero attached hydrogens (tertiary/aromatic N) is 2. The van der Waals surface area contributed by atoms with Crippen molar-refractivity contribution in [1.29, 1.82) is 0 Å². The van der Waals surface area contributed by atoms with E-state index in [9.17, 15) is 15.0 Å². The standard InChI is InChI=1S/C19H22N2O4/c1-25-18-8-15(20-14-5-3-2-4-13(14)18)19(24)21-9-11-6-16(22)17(23)7-12(11)10-21/h2-5,8,11-12,16-17,22-23H,6-7,9-10H2,1H3. The molecule has 1 saturated heterocycles. The highest BCUT2D eigenvalue weighted by molar-refractivity contribution is 5.97. The number of likely N-dealkylation sites (tertiary alicyclic amines) is 1. The van der Waals surface area contributed by atoms with Crippen LogP contribution in [0.15, 0.2) is 30.3 Å². The fourth-order valence-corrected chi connectivity index (χ4v) is 4.16. The minimum Gasteiger partial charge on any atom is -0.496 e. The number of para-hydroxylation sites is 1. The van der Waals surface area contributed by atoms with Crippen molar-refractivity contribution in [3.05, 3.63) is 36.0 Å². The van der Waals surface area contributed by atoms with E-state index in [1.165, 1.54) is 0 Å². The van der Waals surface area contributed by atoms with Gasteiger partial charge in [-0.1, -0.05) is 12.1 Å². The van der Waals surface area contributed by atoms with E-state index in [1.807, 2.05) is 24.3 Å². The van der Waals surface area contributed by atoms with Crippen molar-refractivity contribution < 1.29 is 19.7 Å². The molecular formula is C19H22N2O4. The van der Waals surface area contributed by atoms with Crippen LogP contribution in [0.1, 0.15) is 23.3 Å². The molecule has 1 saturated carbocycles. The zero-order valence-corrected chi connectivity index (χ0v) is 14.1. The maximum atomic E-state index is 12.9. The summed E-state index contributed by atoms with van der Waals surface area (Å²) in [6.07, 6.45) is -0.279. The van der Waals surface area contributed by atoms with Gasteiger partial charge in [0.15, 0.2) is 0 Å². The molecule has 1 aliphatic heterocycles. The van der Waals surface area contributed by atoms with Crippen LogP contribution in [0, 0.1) is 11.8 Å². The van der Waals surface area contributed by atoms with Crippen LogP contribution in [0.3, 0.4) is 0 Å². The smallest absolute Gasteiger partial charge is 0.272 e. The first kappa shape index (κ1) is 16.3. The summed E-state index contributed by atoms with van der Waals surface area (Å²) in [6.45, 7) is 1.20. The molecule has 2 N–H and O–H groups in total. The molecule has 2 aliphatic rings. The van der Waals surface area contributed by atoms with Crippen LogP contribution in [0.4, 0.5) is 0 Å². The van der Waals surface area contributed by atoms with Gasteiger partial charge in [-0.25, -0.2) is 4.98 Å². The summed E-state index contributed by atoms with van der Waals surface area (Å²) in [5.74, 6) is 0.994. The second kappa shape index (κ2) is 6.28. The molecular weight excluding hydrogens is 320 g/mol. The van der Waals surface area contributed by atoms with E-state index in [2.05, 4.69) is 4.98 Å². The molecule has 0 radical (unpaired) electrons. The summed E-state index contributed by atoms with van der Waals surface area (Å²) in [5, 5.41) is 20.6. The Morgan fingerprint density at radius 1 is 1.16 bits per heavy atom. The zero-order valence-electron chi connectivity index (χ0n) is 14.1. The molecule has 0 bridgehead atoms. The van der Waals surface area contributed by atoms with Crippen LogP contribution < -0.4 is 4.74 Å². The first-order valence-corrected chi connectivity index (χ1v) is 8.66. The number of aromatic nitrogens is 1. The summed E-state index contributed by atoms with van der Waals surface area (Å²) in [7, 11) is 1.59. The number of fused-ring (bicyclic) bond motifs is 2. The number of methoxy groups -OCH3 is 1. The Morgan fingerprint density at radius 2 is 1.80 bits per heavy atom. The second-order valence-corrected chi connectivity index (χ2v) is 7.06. The van der Waals surface area contributed by atoms with Crippen LogP contribution >= 0.6 is 0 Å². The lowest BCUT2D eigenvalue weighted by molar-refractivity contribution is -0.0372. The molecule has 132 valence electrons. The number of aliphatic hydroxyl groups excluding tert-OH is 2. The number of carbonyl (C=O) groups excluding carboxylic acids is 1. The van der Waals surface area contributed by atoms with E-state index in [0.717, 1.165) is 10.9 Å². The number of amides is 1. The molecule has 4 atom stereocenters. The predicted molar refractivity (Wildman–Crippen MR) is 92.4 cm³/mol. The number of carbonyl (C=O) groups is 1. The van der Waals surface area contributed by atoms with Crippen LogP contribution in [0.2, 0.25) is 0 Å². The first-order valence-electron chi connectivity index (χ1n) is 8.66. The number of rotatable bonds is 2. The average Bonchev–Trinajstić information content (AvgIpc) is 3.03. The highest BCUT2D eigenvalue weighted by atomic mass is 16.5. The summed E-state index contributed by atoms with van der Waals surface area (Å²) in [6, 6.07) is 9.27. The number of ether oxygens (including phenoxy) is 1. The zero-order chi connectivity index (χ0) is 17.6. The summed E-state index contributed by atoms with van der Waals surface area (Å²) in [5.41, 5.74) is 1.10. The van der Waals surface area contributed by atoms with Crippen molar-refractivity contribution in [2.75, 3.05) is 20.2 Å². The average molecular weight is 342 g/mol. The molecule has 25 heavy (non-hydrogen) atoms. The Balaban J connectivity index is 1.60. The fourth-order valence-electron chi connectivity index (χ4n) is 4.16. The van der Waals surface area contributed by atoms with Gasteiger partial charge in [-0.2, -0.15) is 0 Å². The van der Waals surface area contributed by atoms with Gasteiger partial charge in [-0.05, 0) is 36.8 Å². The van der Waals surface area contributed by atoms with Crippen molar-refractivity contribution in [1.82, 2.24) is 9.88 Å². The number of benzene rings is 1. The van der Waals surface area contributed by atoms with Crippen molar-refractivity contribution in [3.63, 3.8) is 0 Å². The van der Waals surface area contributed by atoms with Gasteiger partial charge < -0.3 is 19.8 Å². The van der Waals surface area contributed by atoms with E-state index in [0.29, 0.717) is 37.4 Å². The van der Waals surface area contributed by atoms with Gasteiger partial charge in [0.25, 0.3) is 5.91 Å². The Morgan fingerprint density at radius 3 is 2.44 bits per heavy atom. The van der Waals surface area contributed by atoms with Crippen LogP contribution in [-0.4, -0.2) is 58.4 Å². The topological polar surface area (TPSA) is 82.9 Å². The van der Waals surface area contributed by atoms with Crippen LogP contribution in [-0.2, 0) is 0 Å². The highest BCUT2D eigenvalue weighted by Gasteiger charge is 2.42. The van der Waals surface area contributed by atoms with Gasteiger partial charge in [0.05, 0.1) is 24.8 Å². The molecule has 4 rings (SSSR count). The quantitative estimate of drug-likeness (QED) is 0.863. The minimum absolute atomic E-state index is 0.123. The van der Waals surface area contributed by atoms with E-state index < -0.39 is 12.2 Å². The number of aliphatic hydroxyl groups is 2. The van der Waals surface area contributed by atoms with Crippen molar-refractivity contribution in [2.24, 2.45) is 11.8 Å². The molecule has 4 unspecified atom stereocenters. The molecule has 2 fully saturated rings. The summed E-state index contributed by atoms with van der Waals surface area (Å²) in [4.78, 5) is 19.2. The largest absolute Gasteiger partial charge is 0.496 e. The minimum atomic E-state index is -0.685. The van der Waals surface area contributed by atoms with E-state index in [4.69, 9.17) is 4.74 Å². The Kier molecular flexibility index (Phi) is 4.09. The van der Waals surface area contributed by atoms with E-state index in [-0.39, 0.29) is 17.7 Å². The number of hydrogen-bond donors (Lipinski definition) is 2. The maximum absolute atomic E-state index is 12.9. The third-order valence-corrected chi connectivity index (χ3v) is 5.51. The molecule has 1 aromatic carbocycles. The molecule has 1 aromatic heterocycles. The van der Waals surface area contributed by atoms with Crippen molar-refractivity contribution in [3.8, 4) is 5.75 Å². The van der Waals surface area contributed by atoms with Crippen molar-refractivity contribution in [2.45, 2.75) is 25.0 Å². The lowest BCUT2D eigenvalue weighted by Gasteiger charge is -2.31. The molecule has 2 heterocycles. The van der Waals surface area contributed by atoms with Gasteiger partial charge in [0.2, 0.25) is 0 Å². The molecule has 2 aromatic rings. The third-order valence-electron chi connectivity index (χ3n) is 5.51.